The second-order valence-corrected chi connectivity index (χ2v) is 6.05. The minimum absolute atomic E-state index is 0.0480. The van der Waals surface area contributed by atoms with Gasteiger partial charge in [-0.1, -0.05) is 12.1 Å². The van der Waals surface area contributed by atoms with Gasteiger partial charge in [0, 0.05) is 13.5 Å². The average Bonchev–Trinajstić information content (AvgIpc) is 3.27. The third-order valence-corrected chi connectivity index (χ3v) is 4.52. The number of nitrogens with zero attached hydrogens (tertiary/aromatic N) is 2. The van der Waals surface area contributed by atoms with Gasteiger partial charge in [0.15, 0.2) is 0 Å². The molecule has 3 atom stereocenters. The van der Waals surface area contributed by atoms with Crippen LogP contribution in [0.2, 0.25) is 0 Å². The Bertz CT molecular complexity index is 676. The van der Waals surface area contributed by atoms with Gasteiger partial charge in [-0.25, -0.2) is 4.39 Å². The number of amides is 2. The molecule has 1 aromatic rings. The van der Waals surface area contributed by atoms with E-state index in [4.69, 9.17) is 4.74 Å². The second kappa shape index (κ2) is 6.22. The van der Waals surface area contributed by atoms with Gasteiger partial charge in [-0.2, -0.15) is 0 Å². The molecular formula is C17H19FN2O4. The summed E-state index contributed by atoms with van der Waals surface area (Å²) in [5.41, 5.74) is 0.772. The van der Waals surface area contributed by atoms with Crippen molar-refractivity contribution < 1.29 is 23.5 Å². The van der Waals surface area contributed by atoms with Crippen LogP contribution in [-0.2, 0) is 25.7 Å². The highest BCUT2D eigenvalue weighted by molar-refractivity contribution is 5.91. The zero-order valence-electron chi connectivity index (χ0n) is 13.6. The van der Waals surface area contributed by atoms with Crippen molar-refractivity contribution in [1.29, 1.82) is 0 Å². The molecule has 2 fully saturated rings. The van der Waals surface area contributed by atoms with Gasteiger partial charge < -0.3 is 14.5 Å². The predicted octanol–water partition coefficient (Wildman–Crippen LogP) is 0.946. The summed E-state index contributed by atoms with van der Waals surface area (Å²) in [7, 11) is 0. The van der Waals surface area contributed by atoms with Gasteiger partial charge in [0.2, 0.25) is 11.8 Å². The summed E-state index contributed by atoms with van der Waals surface area (Å²) in [6, 6.07) is 5.17. The Balaban J connectivity index is 1.82. The largest absolute Gasteiger partial charge is 0.466 e. The lowest BCUT2D eigenvalue weighted by Crippen LogP contribution is -2.51. The van der Waals surface area contributed by atoms with Gasteiger partial charge in [-0.3, -0.25) is 14.4 Å². The summed E-state index contributed by atoms with van der Waals surface area (Å²) in [6.45, 7) is 3.59. The number of hydrogen-bond donors (Lipinski definition) is 0. The number of fused-ring (bicyclic) bond motifs is 1. The van der Waals surface area contributed by atoms with Crippen molar-refractivity contribution in [3.05, 3.63) is 35.6 Å². The standard InChI is InChI=1S/C17H19FN2O4/c1-3-24-17(23)14-15-16(14)20(13(22)9-19(15)10(2)21)8-11-4-6-12(18)7-5-11/h4-7,14-16H,3,8-9H2,1-2H3. The molecule has 0 N–H and O–H groups in total. The Labute approximate surface area is 139 Å². The van der Waals surface area contributed by atoms with Crippen LogP contribution in [0, 0.1) is 11.7 Å². The quantitative estimate of drug-likeness (QED) is 0.769. The normalized spacial score (nSPS) is 25.3. The Morgan fingerprint density at radius 2 is 1.92 bits per heavy atom. The van der Waals surface area contributed by atoms with E-state index in [1.807, 2.05) is 0 Å². The van der Waals surface area contributed by atoms with Gasteiger partial charge >= 0.3 is 5.97 Å². The number of ether oxygens (including phenoxy) is 1. The summed E-state index contributed by atoms with van der Waals surface area (Å²) in [5, 5.41) is 0. The number of piperazine rings is 1. The maximum atomic E-state index is 13.0. The molecule has 1 saturated carbocycles. The molecule has 0 radical (unpaired) electrons. The lowest BCUT2D eigenvalue weighted by molar-refractivity contribution is -0.145. The first-order chi connectivity index (χ1) is 11.4. The van der Waals surface area contributed by atoms with Gasteiger partial charge in [-0.15, -0.1) is 0 Å². The van der Waals surface area contributed by atoms with Crippen molar-refractivity contribution in [1.82, 2.24) is 9.80 Å². The summed E-state index contributed by atoms with van der Waals surface area (Å²) in [6.07, 6.45) is 0. The van der Waals surface area contributed by atoms with Crippen LogP contribution in [0.15, 0.2) is 24.3 Å². The maximum Gasteiger partial charge on any atom is 0.313 e. The second-order valence-electron chi connectivity index (χ2n) is 6.05. The lowest BCUT2D eigenvalue weighted by atomic mass is 10.2. The molecule has 1 aliphatic carbocycles. The first-order valence-electron chi connectivity index (χ1n) is 7.91. The molecule has 3 rings (SSSR count). The Kier molecular flexibility index (Phi) is 4.26. The summed E-state index contributed by atoms with van der Waals surface area (Å²) < 4.78 is 18.1. The topological polar surface area (TPSA) is 66.9 Å². The van der Waals surface area contributed by atoms with E-state index in [1.54, 1.807) is 24.0 Å². The highest BCUT2D eigenvalue weighted by Crippen LogP contribution is 2.45. The number of hydrogen-bond acceptors (Lipinski definition) is 4. The van der Waals surface area contributed by atoms with Gasteiger partial charge in [0.05, 0.1) is 18.7 Å². The van der Waals surface area contributed by atoms with Crippen LogP contribution in [0.4, 0.5) is 4.39 Å². The minimum atomic E-state index is -0.513. The molecule has 2 aliphatic rings. The number of esters is 1. The van der Waals surface area contributed by atoms with E-state index >= 15 is 0 Å². The van der Waals surface area contributed by atoms with Crippen molar-refractivity contribution in [2.45, 2.75) is 32.5 Å². The van der Waals surface area contributed by atoms with Crippen molar-refractivity contribution in [2.24, 2.45) is 5.92 Å². The zero-order chi connectivity index (χ0) is 17.4. The van der Waals surface area contributed by atoms with E-state index in [9.17, 15) is 18.8 Å². The average molecular weight is 334 g/mol. The van der Waals surface area contributed by atoms with E-state index in [1.165, 1.54) is 24.0 Å². The molecule has 7 heteroatoms. The molecule has 2 amide bonds. The van der Waals surface area contributed by atoms with E-state index in [-0.39, 0.29) is 49.4 Å². The summed E-state index contributed by atoms with van der Waals surface area (Å²) in [5.74, 6) is -1.70. The smallest absolute Gasteiger partial charge is 0.313 e. The molecule has 1 saturated heterocycles. The highest BCUT2D eigenvalue weighted by atomic mass is 19.1. The lowest BCUT2D eigenvalue weighted by Gasteiger charge is -2.33. The van der Waals surface area contributed by atoms with Crippen LogP contribution in [0.1, 0.15) is 19.4 Å². The monoisotopic (exact) mass is 334 g/mol. The van der Waals surface area contributed by atoms with Crippen molar-refractivity contribution >= 4 is 17.8 Å². The minimum Gasteiger partial charge on any atom is -0.466 e. The number of carbonyl (C=O) groups excluding carboxylic acids is 3. The third-order valence-electron chi connectivity index (χ3n) is 4.52. The van der Waals surface area contributed by atoms with E-state index in [2.05, 4.69) is 0 Å². The van der Waals surface area contributed by atoms with Crippen LogP contribution in [0.3, 0.4) is 0 Å². The highest BCUT2D eigenvalue weighted by Gasteiger charge is 2.65. The molecule has 128 valence electrons. The van der Waals surface area contributed by atoms with Crippen LogP contribution in [-0.4, -0.2) is 52.8 Å². The van der Waals surface area contributed by atoms with Gasteiger partial charge in [0.1, 0.15) is 18.3 Å². The van der Waals surface area contributed by atoms with Crippen molar-refractivity contribution in [3.63, 3.8) is 0 Å². The number of halogens is 1. The third kappa shape index (κ3) is 2.86. The number of benzene rings is 1. The molecule has 24 heavy (non-hydrogen) atoms. The Morgan fingerprint density at radius 1 is 1.25 bits per heavy atom. The van der Waals surface area contributed by atoms with Crippen molar-refractivity contribution in [2.75, 3.05) is 13.2 Å². The zero-order valence-corrected chi connectivity index (χ0v) is 13.6. The Hall–Kier alpha value is -2.44. The number of rotatable bonds is 4. The Morgan fingerprint density at radius 3 is 2.50 bits per heavy atom. The molecular weight excluding hydrogens is 315 g/mol. The SMILES string of the molecule is CCOC(=O)C1C2C1N(Cc1ccc(F)cc1)C(=O)CN2C(C)=O. The van der Waals surface area contributed by atoms with E-state index in [0.29, 0.717) is 0 Å². The molecule has 0 bridgehead atoms. The maximum absolute atomic E-state index is 13.0. The van der Waals surface area contributed by atoms with E-state index in [0.717, 1.165) is 5.56 Å². The molecule has 0 aromatic heterocycles. The van der Waals surface area contributed by atoms with Crippen LogP contribution in [0.5, 0.6) is 0 Å². The molecule has 6 nitrogen and oxygen atoms in total. The molecule has 1 aromatic carbocycles. The van der Waals surface area contributed by atoms with Crippen LogP contribution < -0.4 is 0 Å². The van der Waals surface area contributed by atoms with E-state index < -0.39 is 11.9 Å². The molecule has 3 unspecified atom stereocenters. The summed E-state index contributed by atoms with van der Waals surface area (Å²) in [4.78, 5) is 39.4. The number of carbonyl (C=O) groups is 3. The fourth-order valence-electron chi connectivity index (χ4n) is 3.36. The first-order valence-corrected chi connectivity index (χ1v) is 7.91. The predicted molar refractivity (Wildman–Crippen MR) is 82.0 cm³/mol. The molecule has 1 aliphatic heterocycles. The molecule has 1 heterocycles. The van der Waals surface area contributed by atoms with Crippen LogP contribution in [0.25, 0.3) is 0 Å². The van der Waals surface area contributed by atoms with Crippen LogP contribution >= 0.6 is 0 Å². The van der Waals surface area contributed by atoms with Gasteiger partial charge in [0.25, 0.3) is 0 Å². The van der Waals surface area contributed by atoms with Crippen molar-refractivity contribution in [3.8, 4) is 0 Å². The fraction of sp³-hybridized carbons (Fsp3) is 0.471. The molecule has 0 spiro atoms. The van der Waals surface area contributed by atoms with Gasteiger partial charge in [-0.05, 0) is 24.6 Å². The first kappa shape index (κ1) is 16.4. The summed E-state index contributed by atoms with van der Waals surface area (Å²) >= 11 is 0. The fourth-order valence-corrected chi connectivity index (χ4v) is 3.36.